The average molecular weight is 341 g/mol. The molecule has 0 atom stereocenters. The van der Waals surface area contributed by atoms with Crippen LogP contribution in [0.3, 0.4) is 0 Å². The molecule has 0 bridgehead atoms. The van der Waals surface area contributed by atoms with Gasteiger partial charge in [-0.05, 0) is 48.4 Å². The SMILES string of the molecule is CCc1ccc2nc(C(=O)OC)cc(Nc3cccc(Cl)c3)c2c1. The summed E-state index contributed by atoms with van der Waals surface area (Å²) in [5.74, 6) is -0.467. The Balaban J connectivity index is 2.16. The van der Waals surface area contributed by atoms with E-state index in [2.05, 4.69) is 23.3 Å². The molecule has 4 nitrogen and oxygen atoms in total. The molecule has 122 valence electrons. The van der Waals surface area contributed by atoms with Crippen molar-refractivity contribution in [1.82, 2.24) is 4.98 Å². The number of carbonyl (C=O) groups excluding carboxylic acids is 1. The highest BCUT2D eigenvalue weighted by Gasteiger charge is 2.13. The Morgan fingerprint density at radius 2 is 2.04 bits per heavy atom. The topological polar surface area (TPSA) is 51.2 Å². The van der Waals surface area contributed by atoms with Crippen molar-refractivity contribution in [1.29, 1.82) is 0 Å². The summed E-state index contributed by atoms with van der Waals surface area (Å²) in [5, 5.41) is 4.91. The molecule has 0 spiro atoms. The predicted molar refractivity (Wildman–Crippen MR) is 97.2 cm³/mol. The third-order valence-corrected chi connectivity index (χ3v) is 4.01. The molecule has 0 amide bonds. The van der Waals surface area contributed by atoms with Gasteiger partial charge in [0, 0.05) is 16.1 Å². The van der Waals surface area contributed by atoms with E-state index in [4.69, 9.17) is 16.3 Å². The maximum Gasteiger partial charge on any atom is 0.356 e. The summed E-state index contributed by atoms with van der Waals surface area (Å²) >= 11 is 6.05. The molecule has 3 rings (SSSR count). The van der Waals surface area contributed by atoms with Crippen LogP contribution in [0.1, 0.15) is 23.0 Å². The first-order valence-corrected chi connectivity index (χ1v) is 8.03. The number of ether oxygens (including phenoxy) is 1. The van der Waals surface area contributed by atoms with E-state index in [1.165, 1.54) is 12.7 Å². The molecule has 0 saturated carbocycles. The normalized spacial score (nSPS) is 10.6. The van der Waals surface area contributed by atoms with Gasteiger partial charge in [-0.3, -0.25) is 0 Å². The van der Waals surface area contributed by atoms with Crippen molar-refractivity contribution in [3.8, 4) is 0 Å². The van der Waals surface area contributed by atoms with E-state index in [1.807, 2.05) is 36.4 Å². The summed E-state index contributed by atoms with van der Waals surface area (Å²) in [6, 6.07) is 15.1. The van der Waals surface area contributed by atoms with Gasteiger partial charge in [-0.1, -0.05) is 30.7 Å². The number of hydrogen-bond donors (Lipinski definition) is 1. The van der Waals surface area contributed by atoms with E-state index < -0.39 is 5.97 Å². The van der Waals surface area contributed by atoms with E-state index in [0.29, 0.717) is 5.02 Å². The fourth-order valence-electron chi connectivity index (χ4n) is 2.53. The molecule has 1 heterocycles. The molecule has 24 heavy (non-hydrogen) atoms. The zero-order valence-electron chi connectivity index (χ0n) is 13.5. The number of pyridine rings is 1. The standard InChI is InChI=1S/C19H17ClN2O2/c1-3-12-7-8-16-15(9-12)17(11-18(22-16)19(23)24-2)21-14-6-4-5-13(20)10-14/h4-11H,3H2,1-2H3,(H,21,22). The molecule has 1 N–H and O–H groups in total. The van der Waals surface area contributed by atoms with Gasteiger partial charge in [0.1, 0.15) is 0 Å². The predicted octanol–water partition coefficient (Wildman–Crippen LogP) is 4.98. The van der Waals surface area contributed by atoms with Gasteiger partial charge in [-0.15, -0.1) is 0 Å². The number of nitrogens with zero attached hydrogens (tertiary/aromatic N) is 1. The monoisotopic (exact) mass is 340 g/mol. The van der Waals surface area contributed by atoms with Gasteiger partial charge in [0.25, 0.3) is 0 Å². The summed E-state index contributed by atoms with van der Waals surface area (Å²) in [5.41, 5.74) is 3.83. The zero-order valence-corrected chi connectivity index (χ0v) is 14.2. The first kappa shape index (κ1) is 16.3. The molecule has 5 heteroatoms. The quantitative estimate of drug-likeness (QED) is 0.680. The Kier molecular flexibility index (Phi) is 4.67. The number of aryl methyl sites for hydroxylation is 1. The van der Waals surface area contributed by atoms with Gasteiger partial charge in [-0.25, -0.2) is 9.78 Å². The van der Waals surface area contributed by atoms with Crippen LogP contribution in [0.5, 0.6) is 0 Å². The number of halogens is 1. The van der Waals surface area contributed by atoms with Crippen molar-refractivity contribution in [2.24, 2.45) is 0 Å². The van der Waals surface area contributed by atoms with E-state index in [0.717, 1.165) is 28.7 Å². The van der Waals surface area contributed by atoms with E-state index in [9.17, 15) is 4.79 Å². The zero-order chi connectivity index (χ0) is 17.1. The highest BCUT2D eigenvalue weighted by molar-refractivity contribution is 6.30. The number of carbonyl (C=O) groups is 1. The van der Waals surface area contributed by atoms with E-state index >= 15 is 0 Å². The third kappa shape index (κ3) is 3.34. The number of rotatable bonds is 4. The number of nitrogens with one attached hydrogen (secondary N) is 1. The van der Waals surface area contributed by atoms with Crippen LogP contribution in [0.15, 0.2) is 48.5 Å². The highest BCUT2D eigenvalue weighted by Crippen LogP contribution is 2.29. The smallest absolute Gasteiger partial charge is 0.356 e. The van der Waals surface area contributed by atoms with Crippen molar-refractivity contribution in [3.05, 3.63) is 64.8 Å². The van der Waals surface area contributed by atoms with Crippen LogP contribution in [-0.2, 0) is 11.2 Å². The van der Waals surface area contributed by atoms with Gasteiger partial charge in [0.15, 0.2) is 5.69 Å². The molecule has 0 unspecified atom stereocenters. The molecule has 0 aliphatic carbocycles. The first-order valence-electron chi connectivity index (χ1n) is 7.65. The molecule has 0 saturated heterocycles. The van der Waals surface area contributed by atoms with Crippen LogP contribution >= 0.6 is 11.6 Å². The Labute approximate surface area is 145 Å². The number of anilines is 2. The molecule has 3 aromatic rings. The second kappa shape index (κ2) is 6.89. The van der Waals surface area contributed by atoms with Crippen molar-refractivity contribution in [2.45, 2.75) is 13.3 Å². The minimum absolute atomic E-state index is 0.263. The van der Waals surface area contributed by atoms with Crippen molar-refractivity contribution < 1.29 is 9.53 Å². The van der Waals surface area contributed by atoms with Crippen LogP contribution in [0.25, 0.3) is 10.9 Å². The maximum absolute atomic E-state index is 11.9. The molecule has 1 aromatic heterocycles. The summed E-state index contributed by atoms with van der Waals surface area (Å²) in [6.45, 7) is 2.10. The molecule has 0 radical (unpaired) electrons. The van der Waals surface area contributed by atoms with Crippen LogP contribution < -0.4 is 5.32 Å². The number of fused-ring (bicyclic) bond motifs is 1. The maximum atomic E-state index is 11.9. The van der Waals surface area contributed by atoms with Gasteiger partial charge in [0.05, 0.1) is 18.3 Å². The fourth-order valence-corrected chi connectivity index (χ4v) is 2.72. The molecule has 0 aliphatic heterocycles. The Morgan fingerprint density at radius 3 is 2.75 bits per heavy atom. The lowest BCUT2D eigenvalue weighted by molar-refractivity contribution is 0.0594. The van der Waals surface area contributed by atoms with Crippen LogP contribution in [0, 0.1) is 0 Å². The molecule has 2 aromatic carbocycles. The van der Waals surface area contributed by atoms with Gasteiger partial charge in [-0.2, -0.15) is 0 Å². The van der Waals surface area contributed by atoms with E-state index in [1.54, 1.807) is 6.07 Å². The summed E-state index contributed by atoms with van der Waals surface area (Å²) in [6.07, 6.45) is 0.922. The lowest BCUT2D eigenvalue weighted by atomic mass is 10.1. The van der Waals surface area contributed by atoms with Gasteiger partial charge < -0.3 is 10.1 Å². The number of methoxy groups -OCH3 is 1. The minimum atomic E-state index is -0.467. The number of benzene rings is 2. The largest absolute Gasteiger partial charge is 0.464 e. The Morgan fingerprint density at radius 1 is 1.21 bits per heavy atom. The molecular weight excluding hydrogens is 324 g/mol. The Bertz CT molecular complexity index is 909. The second-order valence-electron chi connectivity index (χ2n) is 5.39. The summed E-state index contributed by atoms with van der Waals surface area (Å²) in [4.78, 5) is 16.3. The number of hydrogen-bond acceptors (Lipinski definition) is 4. The lowest BCUT2D eigenvalue weighted by Gasteiger charge is -2.12. The second-order valence-corrected chi connectivity index (χ2v) is 5.82. The number of aromatic nitrogens is 1. The lowest BCUT2D eigenvalue weighted by Crippen LogP contribution is -2.06. The van der Waals surface area contributed by atoms with Crippen LogP contribution in [0.2, 0.25) is 5.02 Å². The van der Waals surface area contributed by atoms with Crippen molar-refractivity contribution in [3.63, 3.8) is 0 Å². The van der Waals surface area contributed by atoms with Gasteiger partial charge in [0.2, 0.25) is 0 Å². The van der Waals surface area contributed by atoms with Crippen molar-refractivity contribution >= 4 is 39.8 Å². The first-order chi connectivity index (χ1) is 11.6. The minimum Gasteiger partial charge on any atom is -0.464 e. The summed E-state index contributed by atoms with van der Waals surface area (Å²) in [7, 11) is 1.35. The Hall–Kier alpha value is -2.59. The van der Waals surface area contributed by atoms with E-state index in [-0.39, 0.29) is 5.69 Å². The fraction of sp³-hybridized carbons (Fsp3) is 0.158. The molecular formula is C19H17ClN2O2. The third-order valence-electron chi connectivity index (χ3n) is 3.78. The van der Waals surface area contributed by atoms with Crippen LogP contribution in [0.4, 0.5) is 11.4 Å². The van der Waals surface area contributed by atoms with Crippen molar-refractivity contribution in [2.75, 3.05) is 12.4 Å². The van der Waals surface area contributed by atoms with Crippen LogP contribution in [-0.4, -0.2) is 18.1 Å². The number of esters is 1. The average Bonchev–Trinajstić information content (AvgIpc) is 2.60. The molecule has 0 aliphatic rings. The molecule has 0 fully saturated rings. The van der Waals surface area contributed by atoms with Gasteiger partial charge >= 0.3 is 5.97 Å². The highest BCUT2D eigenvalue weighted by atomic mass is 35.5. The summed E-state index contributed by atoms with van der Waals surface area (Å²) < 4.78 is 4.80.